The summed E-state index contributed by atoms with van der Waals surface area (Å²) in [4.78, 5) is 1.49. The zero-order chi connectivity index (χ0) is 10.8. The highest BCUT2D eigenvalue weighted by Gasteiger charge is 2.22. The number of aryl methyl sites for hydroxylation is 1. The van der Waals surface area contributed by atoms with Crippen LogP contribution in [0.4, 0.5) is 0 Å². The quantitative estimate of drug-likeness (QED) is 0.846. The second kappa shape index (κ2) is 4.86. The Morgan fingerprint density at radius 2 is 2.40 bits per heavy atom. The molecule has 0 aliphatic heterocycles. The third-order valence-electron chi connectivity index (χ3n) is 2.86. The predicted octanol–water partition coefficient (Wildman–Crippen LogP) is 4.02. The van der Waals surface area contributed by atoms with Crippen molar-refractivity contribution in [1.29, 1.82) is 0 Å². The molecule has 2 rings (SSSR count). The van der Waals surface area contributed by atoms with Crippen molar-refractivity contribution >= 4 is 22.9 Å². The fourth-order valence-corrected chi connectivity index (χ4v) is 3.50. The van der Waals surface area contributed by atoms with Gasteiger partial charge in [0.25, 0.3) is 0 Å². The van der Waals surface area contributed by atoms with Crippen molar-refractivity contribution in [3.05, 3.63) is 20.8 Å². The first-order valence-corrected chi connectivity index (χ1v) is 6.87. The number of nitrogens with one attached hydrogen (secondary N) is 1. The van der Waals surface area contributed by atoms with Crippen LogP contribution in [0.1, 0.15) is 43.2 Å². The van der Waals surface area contributed by atoms with E-state index in [2.05, 4.69) is 25.2 Å². The third-order valence-corrected chi connectivity index (χ3v) is 4.20. The lowest BCUT2D eigenvalue weighted by Crippen LogP contribution is -2.27. The number of hydrogen-bond acceptors (Lipinski definition) is 2. The Balaban J connectivity index is 2.08. The molecule has 15 heavy (non-hydrogen) atoms. The maximum atomic E-state index is 6.07. The van der Waals surface area contributed by atoms with Crippen molar-refractivity contribution in [2.75, 3.05) is 6.54 Å². The van der Waals surface area contributed by atoms with Gasteiger partial charge in [0.05, 0.1) is 4.34 Å². The zero-order valence-corrected chi connectivity index (χ0v) is 10.9. The maximum Gasteiger partial charge on any atom is 0.0934 e. The Hall–Kier alpha value is -0.0500. The van der Waals surface area contributed by atoms with Crippen LogP contribution < -0.4 is 5.32 Å². The van der Waals surface area contributed by atoms with Crippen molar-refractivity contribution < 1.29 is 0 Å². The van der Waals surface area contributed by atoms with Gasteiger partial charge in [0.15, 0.2) is 0 Å². The first-order valence-electron chi connectivity index (χ1n) is 5.68. The van der Waals surface area contributed by atoms with Crippen LogP contribution in [0.15, 0.2) is 6.07 Å². The molecule has 0 bridgehead atoms. The van der Waals surface area contributed by atoms with Gasteiger partial charge in [0.2, 0.25) is 0 Å². The minimum Gasteiger partial charge on any atom is -0.310 e. The lowest BCUT2D eigenvalue weighted by molar-refractivity contribution is 0.429. The van der Waals surface area contributed by atoms with E-state index in [-0.39, 0.29) is 0 Å². The highest BCUT2D eigenvalue weighted by molar-refractivity contribution is 7.16. The van der Waals surface area contributed by atoms with Crippen LogP contribution >= 0.6 is 22.9 Å². The predicted molar refractivity (Wildman–Crippen MR) is 67.8 cm³/mol. The van der Waals surface area contributed by atoms with E-state index < -0.39 is 0 Å². The summed E-state index contributed by atoms with van der Waals surface area (Å²) in [7, 11) is 0. The number of hydrogen-bond donors (Lipinski definition) is 1. The summed E-state index contributed by atoms with van der Waals surface area (Å²) in [6.45, 7) is 5.59. The maximum absolute atomic E-state index is 6.07. The number of rotatable bonds is 3. The summed E-state index contributed by atoms with van der Waals surface area (Å²) in [6.07, 6.45) is 3.76. The smallest absolute Gasteiger partial charge is 0.0934 e. The van der Waals surface area contributed by atoms with Crippen molar-refractivity contribution in [2.24, 2.45) is 5.92 Å². The molecule has 0 amide bonds. The van der Waals surface area contributed by atoms with E-state index in [0.29, 0.717) is 12.0 Å². The van der Waals surface area contributed by atoms with E-state index in [1.54, 1.807) is 11.3 Å². The minimum atomic E-state index is 0.542. The topological polar surface area (TPSA) is 12.0 Å². The Morgan fingerprint density at radius 1 is 1.60 bits per heavy atom. The van der Waals surface area contributed by atoms with Crippen LogP contribution in [0.2, 0.25) is 4.34 Å². The van der Waals surface area contributed by atoms with Gasteiger partial charge in [0, 0.05) is 10.9 Å². The average molecular weight is 244 g/mol. The summed E-state index contributed by atoms with van der Waals surface area (Å²) < 4.78 is 0.943. The Labute approximate surface area is 101 Å². The van der Waals surface area contributed by atoms with Gasteiger partial charge in [-0.3, -0.25) is 0 Å². The van der Waals surface area contributed by atoms with Crippen LogP contribution in [0.25, 0.3) is 0 Å². The average Bonchev–Trinajstić information content (AvgIpc) is 2.55. The fraction of sp³-hybridized carbons (Fsp3) is 0.667. The van der Waals surface area contributed by atoms with Crippen molar-refractivity contribution in [3.63, 3.8) is 0 Å². The van der Waals surface area contributed by atoms with E-state index in [9.17, 15) is 0 Å². The van der Waals surface area contributed by atoms with Crippen LogP contribution in [0.3, 0.4) is 0 Å². The van der Waals surface area contributed by atoms with Crippen LogP contribution in [0.5, 0.6) is 0 Å². The van der Waals surface area contributed by atoms with Gasteiger partial charge in [-0.05, 0) is 43.4 Å². The molecule has 84 valence electrons. The van der Waals surface area contributed by atoms with Crippen LogP contribution in [0, 0.1) is 5.92 Å². The van der Waals surface area contributed by atoms with Gasteiger partial charge in [-0.25, -0.2) is 0 Å². The molecule has 3 heteroatoms. The SMILES string of the molecule is CC(C)CNC1CCCc2sc(Cl)cc21. The molecule has 0 radical (unpaired) electrons. The van der Waals surface area contributed by atoms with E-state index in [1.807, 2.05) is 0 Å². The summed E-state index contributed by atoms with van der Waals surface area (Å²) in [6, 6.07) is 2.69. The van der Waals surface area contributed by atoms with Crippen LogP contribution in [-0.2, 0) is 6.42 Å². The molecule has 1 aliphatic rings. The third kappa shape index (κ3) is 2.74. The van der Waals surface area contributed by atoms with E-state index >= 15 is 0 Å². The second-order valence-electron chi connectivity index (χ2n) is 4.68. The summed E-state index contributed by atoms with van der Waals surface area (Å²) in [5.41, 5.74) is 1.46. The number of thiophene rings is 1. The van der Waals surface area contributed by atoms with E-state index in [0.717, 1.165) is 10.9 Å². The molecule has 0 spiro atoms. The van der Waals surface area contributed by atoms with Gasteiger partial charge in [0.1, 0.15) is 0 Å². The van der Waals surface area contributed by atoms with Gasteiger partial charge in [-0.1, -0.05) is 25.4 Å². The molecule has 1 atom stereocenters. The van der Waals surface area contributed by atoms with Crippen molar-refractivity contribution in [1.82, 2.24) is 5.32 Å². The molecule has 1 aromatic heterocycles. The molecule has 1 aliphatic carbocycles. The van der Waals surface area contributed by atoms with E-state index in [4.69, 9.17) is 11.6 Å². The summed E-state index contributed by atoms with van der Waals surface area (Å²) in [5, 5.41) is 3.64. The number of halogens is 1. The van der Waals surface area contributed by atoms with Gasteiger partial charge >= 0.3 is 0 Å². The normalized spacial score (nSPS) is 20.7. The first-order chi connectivity index (χ1) is 7.16. The molecule has 1 unspecified atom stereocenters. The summed E-state index contributed by atoms with van der Waals surface area (Å²) >= 11 is 7.82. The highest BCUT2D eigenvalue weighted by atomic mass is 35.5. The van der Waals surface area contributed by atoms with Crippen molar-refractivity contribution in [2.45, 2.75) is 39.2 Å². The molecule has 1 aromatic rings. The largest absolute Gasteiger partial charge is 0.310 e. The van der Waals surface area contributed by atoms with E-state index in [1.165, 1.54) is 29.7 Å². The molecule has 0 fully saturated rings. The fourth-order valence-electron chi connectivity index (χ4n) is 2.11. The molecule has 0 saturated carbocycles. The molecule has 0 aromatic carbocycles. The first kappa shape index (κ1) is 11.4. The van der Waals surface area contributed by atoms with Crippen LogP contribution in [-0.4, -0.2) is 6.54 Å². The van der Waals surface area contributed by atoms with Gasteiger partial charge in [-0.2, -0.15) is 0 Å². The highest BCUT2D eigenvalue weighted by Crippen LogP contribution is 2.37. The minimum absolute atomic E-state index is 0.542. The monoisotopic (exact) mass is 243 g/mol. The Bertz CT molecular complexity index is 332. The molecule has 1 N–H and O–H groups in total. The second-order valence-corrected chi connectivity index (χ2v) is 6.44. The molecular weight excluding hydrogens is 226 g/mol. The molecule has 1 nitrogen and oxygen atoms in total. The molecule has 1 heterocycles. The van der Waals surface area contributed by atoms with Gasteiger partial charge < -0.3 is 5.32 Å². The zero-order valence-electron chi connectivity index (χ0n) is 9.35. The Morgan fingerprint density at radius 3 is 3.13 bits per heavy atom. The number of fused-ring (bicyclic) bond motifs is 1. The lowest BCUT2D eigenvalue weighted by Gasteiger charge is -2.24. The summed E-state index contributed by atoms with van der Waals surface area (Å²) in [5.74, 6) is 0.712. The standard InChI is InChI=1S/C12H18ClNS/c1-8(2)7-14-10-4-3-5-11-9(10)6-12(13)15-11/h6,8,10,14H,3-5,7H2,1-2H3. The van der Waals surface area contributed by atoms with Crippen molar-refractivity contribution in [3.8, 4) is 0 Å². The molecular formula is C12H18ClNS. The van der Waals surface area contributed by atoms with Gasteiger partial charge in [-0.15, -0.1) is 11.3 Å². The Kier molecular flexibility index (Phi) is 3.70. The molecule has 0 saturated heterocycles. The lowest BCUT2D eigenvalue weighted by atomic mass is 9.94.